The molecule has 0 atom stereocenters. The molecule has 6 heteroatoms. The molecule has 1 aromatic carbocycles. The Morgan fingerprint density at radius 2 is 2.00 bits per heavy atom. The molecule has 0 unspecified atom stereocenters. The second kappa shape index (κ2) is 5.53. The summed E-state index contributed by atoms with van der Waals surface area (Å²) in [5.74, 6) is 1.07. The topological polar surface area (TPSA) is 42.7 Å². The van der Waals surface area contributed by atoms with Crippen LogP contribution in [0.4, 0.5) is 10.2 Å². The number of benzene rings is 1. The predicted octanol–water partition coefficient (Wildman–Crippen LogP) is 3.14. The monoisotopic (exact) mass is 312 g/mol. The zero-order chi connectivity index (χ0) is 15.8. The van der Waals surface area contributed by atoms with Crippen LogP contribution >= 0.6 is 0 Å². The number of aromatic nitrogens is 3. The van der Waals surface area contributed by atoms with Crippen molar-refractivity contribution in [3.63, 3.8) is 0 Å². The second-order valence-electron chi connectivity index (χ2n) is 5.63. The Bertz CT molecular complexity index is 855. The molecule has 1 aliphatic rings. The smallest absolute Gasteiger partial charge is 0.180 e. The highest BCUT2D eigenvalue weighted by Crippen LogP contribution is 2.32. The number of methoxy groups -OCH3 is 1. The van der Waals surface area contributed by atoms with Crippen LogP contribution in [0.5, 0.6) is 5.75 Å². The lowest BCUT2D eigenvalue weighted by Gasteiger charge is -2.16. The van der Waals surface area contributed by atoms with E-state index in [1.807, 2.05) is 10.6 Å². The van der Waals surface area contributed by atoms with Crippen molar-refractivity contribution in [1.82, 2.24) is 14.4 Å². The maximum Gasteiger partial charge on any atom is 0.180 e. The highest BCUT2D eigenvalue weighted by atomic mass is 19.1. The van der Waals surface area contributed by atoms with Gasteiger partial charge in [0.25, 0.3) is 0 Å². The van der Waals surface area contributed by atoms with E-state index < -0.39 is 0 Å². The molecule has 23 heavy (non-hydrogen) atoms. The van der Waals surface area contributed by atoms with Gasteiger partial charge >= 0.3 is 0 Å². The number of fused-ring (bicyclic) bond motifs is 1. The minimum absolute atomic E-state index is 0.321. The van der Waals surface area contributed by atoms with Crippen molar-refractivity contribution in [2.45, 2.75) is 12.8 Å². The molecule has 1 saturated heterocycles. The summed E-state index contributed by atoms with van der Waals surface area (Å²) >= 11 is 0. The maximum atomic E-state index is 13.4. The molecule has 0 saturated carbocycles. The number of hydrogen-bond donors (Lipinski definition) is 0. The number of halogens is 1. The zero-order valence-electron chi connectivity index (χ0n) is 12.9. The predicted molar refractivity (Wildman–Crippen MR) is 86.4 cm³/mol. The second-order valence-corrected chi connectivity index (χ2v) is 5.63. The number of ether oxygens (including phenoxy) is 1. The van der Waals surface area contributed by atoms with Crippen molar-refractivity contribution in [1.29, 1.82) is 0 Å². The largest absolute Gasteiger partial charge is 0.496 e. The molecule has 2 aromatic heterocycles. The van der Waals surface area contributed by atoms with Crippen LogP contribution in [0.3, 0.4) is 0 Å². The first-order valence-corrected chi connectivity index (χ1v) is 7.69. The van der Waals surface area contributed by atoms with Gasteiger partial charge in [0.05, 0.1) is 19.0 Å². The third-order valence-corrected chi connectivity index (χ3v) is 4.25. The summed E-state index contributed by atoms with van der Waals surface area (Å²) in [6.45, 7) is 2.02. The van der Waals surface area contributed by atoms with Crippen LogP contribution in [0, 0.1) is 5.82 Å². The van der Waals surface area contributed by atoms with Crippen LogP contribution < -0.4 is 9.64 Å². The van der Waals surface area contributed by atoms with Crippen LogP contribution in [0.25, 0.3) is 16.9 Å². The molecule has 0 radical (unpaired) electrons. The normalized spacial score (nSPS) is 14.6. The summed E-state index contributed by atoms with van der Waals surface area (Å²) in [6, 6.07) is 4.53. The van der Waals surface area contributed by atoms with Crippen LogP contribution in [0.2, 0.25) is 0 Å². The van der Waals surface area contributed by atoms with E-state index in [1.54, 1.807) is 25.6 Å². The van der Waals surface area contributed by atoms with Crippen molar-refractivity contribution < 1.29 is 9.13 Å². The average Bonchev–Trinajstić information content (AvgIpc) is 3.24. The van der Waals surface area contributed by atoms with E-state index >= 15 is 0 Å². The lowest BCUT2D eigenvalue weighted by Crippen LogP contribution is -2.19. The number of imidazole rings is 1. The Labute approximate surface area is 133 Å². The van der Waals surface area contributed by atoms with E-state index in [2.05, 4.69) is 14.9 Å². The van der Waals surface area contributed by atoms with E-state index in [4.69, 9.17) is 4.74 Å². The summed E-state index contributed by atoms with van der Waals surface area (Å²) in [5, 5.41) is 0. The molecule has 5 nitrogen and oxygen atoms in total. The molecule has 0 N–H and O–H groups in total. The van der Waals surface area contributed by atoms with Crippen molar-refractivity contribution >= 4 is 11.5 Å². The van der Waals surface area contributed by atoms with Gasteiger partial charge in [-0.25, -0.2) is 14.4 Å². The highest BCUT2D eigenvalue weighted by Gasteiger charge is 2.19. The van der Waals surface area contributed by atoms with Gasteiger partial charge in [-0.1, -0.05) is 0 Å². The molecular weight excluding hydrogens is 295 g/mol. The molecular formula is C17H17FN4O. The van der Waals surface area contributed by atoms with Gasteiger partial charge in [-0.2, -0.15) is 0 Å². The van der Waals surface area contributed by atoms with Gasteiger partial charge < -0.3 is 9.64 Å². The van der Waals surface area contributed by atoms with Crippen molar-refractivity contribution in [3.05, 3.63) is 42.6 Å². The molecule has 0 spiro atoms. The summed E-state index contributed by atoms with van der Waals surface area (Å²) in [7, 11) is 1.54. The molecule has 1 fully saturated rings. The number of rotatable bonds is 3. The van der Waals surface area contributed by atoms with Crippen molar-refractivity contribution in [2.75, 3.05) is 25.1 Å². The maximum absolute atomic E-state index is 13.4. The van der Waals surface area contributed by atoms with E-state index in [0.717, 1.165) is 35.8 Å². The fourth-order valence-corrected chi connectivity index (χ4v) is 3.13. The molecule has 3 heterocycles. The molecule has 118 valence electrons. The van der Waals surface area contributed by atoms with Gasteiger partial charge in [0, 0.05) is 37.1 Å². The average molecular weight is 312 g/mol. The van der Waals surface area contributed by atoms with Gasteiger partial charge in [-0.3, -0.25) is 4.40 Å². The van der Waals surface area contributed by atoms with Gasteiger partial charge in [0.1, 0.15) is 11.6 Å². The lowest BCUT2D eigenvalue weighted by atomic mass is 10.1. The minimum atomic E-state index is -0.321. The number of anilines is 1. The van der Waals surface area contributed by atoms with Crippen LogP contribution in [0.1, 0.15) is 12.8 Å². The van der Waals surface area contributed by atoms with Crippen molar-refractivity contribution in [2.24, 2.45) is 0 Å². The van der Waals surface area contributed by atoms with Gasteiger partial charge in [-0.05, 0) is 25.0 Å². The van der Waals surface area contributed by atoms with Crippen LogP contribution in [0.15, 0.2) is 36.8 Å². The third-order valence-electron chi connectivity index (χ3n) is 4.25. The number of nitrogens with zero attached hydrogens (tertiary/aromatic N) is 4. The zero-order valence-corrected chi connectivity index (χ0v) is 12.9. The van der Waals surface area contributed by atoms with Gasteiger partial charge in [0.2, 0.25) is 0 Å². The van der Waals surface area contributed by atoms with Gasteiger partial charge in [0.15, 0.2) is 11.5 Å². The lowest BCUT2D eigenvalue weighted by molar-refractivity contribution is 0.413. The molecule has 1 aliphatic heterocycles. The molecule has 4 rings (SSSR count). The van der Waals surface area contributed by atoms with E-state index in [1.165, 1.54) is 25.0 Å². The molecule has 0 aliphatic carbocycles. The first-order chi connectivity index (χ1) is 11.3. The first kappa shape index (κ1) is 14.0. The highest BCUT2D eigenvalue weighted by molar-refractivity contribution is 5.74. The molecule has 0 bridgehead atoms. The first-order valence-electron chi connectivity index (χ1n) is 7.69. The van der Waals surface area contributed by atoms with E-state index in [9.17, 15) is 4.39 Å². The van der Waals surface area contributed by atoms with Crippen molar-refractivity contribution in [3.8, 4) is 17.0 Å². The Balaban J connectivity index is 1.88. The number of hydrogen-bond acceptors (Lipinski definition) is 4. The summed E-state index contributed by atoms with van der Waals surface area (Å²) < 4.78 is 20.7. The quantitative estimate of drug-likeness (QED) is 0.745. The summed E-state index contributed by atoms with van der Waals surface area (Å²) in [4.78, 5) is 11.3. The Kier molecular flexibility index (Phi) is 3.37. The fourth-order valence-electron chi connectivity index (χ4n) is 3.13. The third kappa shape index (κ3) is 2.30. The van der Waals surface area contributed by atoms with Crippen LogP contribution in [-0.2, 0) is 0 Å². The Morgan fingerprint density at radius 1 is 1.17 bits per heavy atom. The van der Waals surface area contributed by atoms with E-state index in [-0.39, 0.29) is 5.82 Å². The van der Waals surface area contributed by atoms with Crippen LogP contribution in [-0.4, -0.2) is 34.6 Å². The minimum Gasteiger partial charge on any atom is -0.496 e. The molecule has 3 aromatic rings. The summed E-state index contributed by atoms with van der Waals surface area (Å²) in [6.07, 6.45) is 7.80. The van der Waals surface area contributed by atoms with Gasteiger partial charge in [-0.15, -0.1) is 0 Å². The summed E-state index contributed by atoms with van der Waals surface area (Å²) in [5.41, 5.74) is 2.48. The standard InChI is InChI=1S/C17H17FN4O/c1-23-15-10-12(18)4-5-13(15)14-11-20-17-16(19-6-9-22(14)17)21-7-2-3-8-21/h4-6,9-11H,2-3,7-8H2,1H3. The van der Waals surface area contributed by atoms with E-state index in [0.29, 0.717) is 5.75 Å². The Morgan fingerprint density at radius 3 is 2.78 bits per heavy atom. The molecule has 0 amide bonds. The Hall–Kier alpha value is -2.63. The SMILES string of the molecule is COc1cc(F)ccc1-c1cnc2c(N3CCCC3)nccn12. The fraction of sp³-hybridized carbons (Fsp3) is 0.294.